The first-order valence-electron chi connectivity index (χ1n) is 6.29. The average Bonchev–Trinajstić information content (AvgIpc) is 2.81. The minimum atomic E-state index is -1.07. The molecule has 0 aliphatic heterocycles. The number of aromatic nitrogens is 2. The highest BCUT2D eigenvalue weighted by Gasteiger charge is 2.13. The van der Waals surface area contributed by atoms with Gasteiger partial charge in [-0.1, -0.05) is 12.1 Å². The molecular formula is C15H15N3O3. The van der Waals surface area contributed by atoms with Crippen LogP contribution in [0.3, 0.4) is 0 Å². The Labute approximate surface area is 121 Å². The Bertz CT molecular complexity index is 717. The van der Waals surface area contributed by atoms with Crippen molar-refractivity contribution >= 4 is 23.6 Å². The van der Waals surface area contributed by atoms with E-state index < -0.39 is 11.9 Å². The van der Waals surface area contributed by atoms with Crippen LogP contribution < -0.4 is 5.32 Å². The summed E-state index contributed by atoms with van der Waals surface area (Å²) in [4.78, 5) is 23.1. The number of aryl methyl sites for hydroxylation is 2. The van der Waals surface area contributed by atoms with E-state index in [1.807, 2.05) is 0 Å². The third-order valence-corrected chi connectivity index (χ3v) is 3.01. The predicted octanol–water partition coefficient (Wildman–Crippen LogP) is 2.08. The molecule has 0 radical (unpaired) electrons. The van der Waals surface area contributed by atoms with Crippen LogP contribution in [0.1, 0.15) is 21.6 Å². The number of aromatic carboxylic acids is 1. The van der Waals surface area contributed by atoms with E-state index in [-0.39, 0.29) is 11.3 Å². The Morgan fingerprint density at radius 2 is 2.10 bits per heavy atom. The van der Waals surface area contributed by atoms with Crippen LogP contribution in [-0.2, 0) is 11.8 Å². The lowest BCUT2D eigenvalue weighted by atomic mass is 10.1. The van der Waals surface area contributed by atoms with E-state index >= 15 is 0 Å². The molecule has 2 rings (SSSR count). The zero-order chi connectivity index (χ0) is 15.4. The number of carbonyl (C=O) groups is 2. The zero-order valence-corrected chi connectivity index (χ0v) is 11.7. The molecule has 0 aliphatic rings. The molecule has 2 N–H and O–H groups in total. The molecule has 0 fully saturated rings. The third kappa shape index (κ3) is 3.36. The Morgan fingerprint density at radius 3 is 2.71 bits per heavy atom. The van der Waals surface area contributed by atoms with E-state index in [1.54, 1.807) is 55.2 Å². The number of hydrogen-bond donors (Lipinski definition) is 2. The van der Waals surface area contributed by atoms with E-state index in [9.17, 15) is 14.7 Å². The number of nitrogens with zero attached hydrogens (tertiary/aromatic N) is 2. The van der Waals surface area contributed by atoms with Crippen LogP contribution in [0.25, 0.3) is 6.08 Å². The van der Waals surface area contributed by atoms with Crippen LogP contribution in [0, 0.1) is 6.92 Å². The number of hydrogen-bond acceptors (Lipinski definition) is 3. The van der Waals surface area contributed by atoms with Crippen molar-refractivity contribution in [1.82, 2.24) is 9.78 Å². The van der Waals surface area contributed by atoms with Gasteiger partial charge in [0.25, 0.3) is 0 Å². The standard InChI is InChI=1S/C15H15N3O3/c1-10-4-3-5-12(14(10)15(20)21)17-13(19)7-6-11-8-9-16-18(11)2/h3-9H,1-2H3,(H,17,19)(H,20,21). The van der Waals surface area contributed by atoms with Crippen LogP contribution in [0.2, 0.25) is 0 Å². The number of carboxylic acids is 1. The van der Waals surface area contributed by atoms with Crippen molar-refractivity contribution in [3.05, 3.63) is 53.4 Å². The molecule has 6 heteroatoms. The maximum Gasteiger partial charge on any atom is 0.338 e. The Balaban J connectivity index is 2.17. The molecule has 0 atom stereocenters. The molecule has 21 heavy (non-hydrogen) atoms. The molecule has 0 unspecified atom stereocenters. The molecule has 1 aromatic carbocycles. The van der Waals surface area contributed by atoms with Crippen molar-refractivity contribution < 1.29 is 14.7 Å². The highest BCUT2D eigenvalue weighted by atomic mass is 16.4. The van der Waals surface area contributed by atoms with Gasteiger partial charge in [-0.3, -0.25) is 9.48 Å². The normalized spacial score (nSPS) is 10.8. The van der Waals surface area contributed by atoms with Crippen LogP contribution in [0.4, 0.5) is 5.69 Å². The fourth-order valence-electron chi connectivity index (χ4n) is 1.94. The lowest BCUT2D eigenvalue weighted by Crippen LogP contribution is -2.13. The van der Waals surface area contributed by atoms with Gasteiger partial charge in [0.2, 0.25) is 5.91 Å². The smallest absolute Gasteiger partial charge is 0.338 e. The largest absolute Gasteiger partial charge is 0.478 e. The molecule has 0 saturated carbocycles. The molecule has 108 valence electrons. The molecule has 0 aliphatic carbocycles. The Morgan fingerprint density at radius 1 is 1.33 bits per heavy atom. The van der Waals surface area contributed by atoms with Gasteiger partial charge >= 0.3 is 5.97 Å². The molecule has 2 aromatic rings. The fourth-order valence-corrected chi connectivity index (χ4v) is 1.94. The van der Waals surface area contributed by atoms with Crippen molar-refractivity contribution in [3.63, 3.8) is 0 Å². The summed E-state index contributed by atoms with van der Waals surface area (Å²) >= 11 is 0. The zero-order valence-electron chi connectivity index (χ0n) is 11.7. The van der Waals surface area contributed by atoms with E-state index in [1.165, 1.54) is 6.08 Å². The summed E-state index contributed by atoms with van der Waals surface area (Å²) in [6.45, 7) is 1.69. The van der Waals surface area contributed by atoms with Gasteiger partial charge in [0.1, 0.15) is 0 Å². The molecule has 6 nitrogen and oxygen atoms in total. The number of carboxylic acid groups (broad SMARTS) is 1. The van der Waals surface area contributed by atoms with Gasteiger partial charge in [0, 0.05) is 19.3 Å². The second-order valence-corrected chi connectivity index (χ2v) is 4.50. The molecular weight excluding hydrogens is 270 g/mol. The van der Waals surface area contributed by atoms with Gasteiger partial charge in [0.15, 0.2) is 0 Å². The van der Waals surface area contributed by atoms with Crippen molar-refractivity contribution in [1.29, 1.82) is 0 Å². The first-order chi connectivity index (χ1) is 9.99. The summed E-state index contributed by atoms with van der Waals surface area (Å²) in [5.74, 6) is -1.47. The van der Waals surface area contributed by atoms with Crippen molar-refractivity contribution in [2.75, 3.05) is 5.32 Å². The van der Waals surface area contributed by atoms with E-state index in [2.05, 4.69) is 10.4 Å². The van der Waals surface area contributed by atoms with Crippen LogP contribution >= 0.6 is 0 Å². The summed E-state index contributed by atoms with van der Waals surface area (Å²) in [5.41, 5.74) is 1.74. The number of anilines is 1. The van der Waals surface area contributed by atoms with Gasteiger partial charge in [-0.2, -0.15) is 5.10 Å². The highest BCUT2D eigenvalue weighted by molar-refractivity contribution is 6.06. The minimum Gasteiger partial charge on any atom is -0.478 e. The third-order valence-electron chi connectivity index (χ3n) is 3.01. The highest BCUT2D eigenvalue weighted by Crippen LogP contribution is 2.19. The molecule has 1 aromatic heterocycles. The van der Waals surface area contributed by atoms with Crippen LogP contribution in [0.5, 0.6) is 0 Å². The first kappa shape index (κ1) is 14.5. The fraction of sp³-hybridized carbons (Fsp3) is 0.133. The second kappa shape index (κ2) is 6.04. The van der Waals surface area contributed by atoms with Gasteiger partial charge < -0.3 is 10.4 Å². The van der Waals surface area contributed by atoms with Crippen molar-refractivity contribution in [2.45, 2.75) is 6.92 Å². The number of carbonyl (C=O) groups excluding carboxylic acids is 1. The van der Waals surface area contributed by atoms with Crippen LogP contribution in [-0.4, -0.2) is 26.8 Å². The summed E-state index contributed by atoms with van der Waals surface area (Å²) in [6, 6.07) is 6.71. The summed E-state index contributed by atoms with van der Waals surface area (Å²) in [6.07, 6.45) is 4.57. The predicted molar refractivity (Wildman–Crippen MR) is 79.0 cm³/mol. The van der Waals surface area contributed by atoms with Gasteiger partial charge in [-0.25, -0.2) is 4.79 Å². The molecule has 0 saturated heterocycles. The number of benzene rings is 1. The number of rotatable bonds is 4. The summed E-state index contributed by atoms with van der Waals surface area (Å²) in [7, 11) is 1.76. The monoisotopic (exact) mass is 285 g/mol. The minimum absolute atomic E-state index is 0.0970. The van der Waals surface area contributed by atoms with Gasteiger partial charge in [0.05, 0.1) is 16.9 Å². The number of amides is 1. The second-order valence-electron chi connectivity index (χ2n) is 4.50. The van der Waals surface area contributed by atoms with Crippen molar-refractivity contribution in [2.24, 2.45) is 7.05 Å². The lowest BCUT2D eigenvalue weighted by molar-refractivity contribution is -0.111. The topological polar surface area (TPSA) is 84.2 Å². The summed E-state index contributed by atoms with van der Waals surface area (Å²) in [5, 5.41) is 15.8. The van der Waals surface area contributed by atoms with Gasteiger partial charge in [-0.05, 0) is 30.7 Å². The van der Waals surface area contributed by atoms with Crippen molar-refractivity contribution in [3.8, 4) is 0 Å². The maximum absolute atomic E-state index is 11.9. The molecule has 0 bridgehead atoms. The van der Waals surface area contributed by atoms with E-state index in [0.717, 1.165) is 5.69 Å². The SMILES string of the molecule is Cc1cccc(NC(=O)C=Cc2ccnn2C)c1C(=O)O. The molecule has 0 spiro atoms. The molecule has 1 amide bonds. The maximum atomic E-state index is 11.9. The first-order valence-corrected chi connectivity index (χ1v) is 6.29. The Kier molecular flexibility index (Phi) is 4.18. The van der Waals surface area contributed by atoms with Crippen LogP contribution in [0.15, 0.2) is 36.5 Å². The van der Waals surface area contributed by atoms with E-state index in [4.69, 9.17) is 0 Å². The quantitative estimate of drug-likeness (QED) is 0.842. The van der Waals surface area contributed by atoms with Gasteiger partial charge in [-0.15, -0.1) is 0 Å². The average molecular weight is 285 g/mol. The molecule has 1 heterocycles. The summed E-state index contributed by atoms with van der Waals surface area (Å²) < 4.78 is 1.62. The Hall–Kier alpha value is -2.89. The van der Waals surface area contributed by atoms with E-state index in [0.29, 0.717) is 5.56 Å². The number of nitrogens with one attached hydrogen (secondary N) is 1. The lowest BCUT2D eigenvalue weighted by Gasteiger charge is -2.08.